The number of carbonyl (C=O) groups is 1. The highest BCUT2D eigenvalue weighted by atomic mass is 32.2. The highest BCUT2D eigenvalue weighted by Crippen LogP contribution is 2.15. The summed E-state index contributed by atoms with van der Waals surface area (Å²) in [5.41, 5.74) is 7.04. The Bertz CT molecular complexity index is 355. The van der Waals surface area contributed by atoms with E-state index in [-0.39, 0.29) is 5.91 Å². The molecule has 1 atom stereocenters. The molecule has 3 nitrogen and oxygen atoms in total. The first-order valence-corrected chi connectivity index (χ1v) is 6.43. The van der Waals surface area contributed by atoms with E-state index in [0.717, 1.165) is 12.1 Å². The van der Waals surface area contributed by atoms with E-state index in [0.29, 0.717) is 16.7 Å². The molecule has 1 rings (SSSR count). The summed E-state index contributed by atoms with van der Waals surface area (Å²) in [4.78, 5) is 11.6. The van der Waals surface area contributed by atoms with Crippen LogP contribution in [0.5, 0.6) is 0 Å². The Balaban J connectivity index is 2.40. The predicted octanol–water partition coefficient (Wildman–Crippen LogP) is 2.74. The average molecular weight is 238 g/mol. The molecule has 4 heteroatoms. The van der Waals surface area contributed by atoms with Gasteiger partial charge in [-0.15, -0.1) is 11.8 Å². The maximum absolute atomic E-state index is 11.6. The fourth-order valence-electron chi connectivity index (χ4n) is 1.15. The van der Waals surface area contributed by atoms with E-state index in [2.05, 4.69) is 19.2 Å². The first-order valence-electron chi connectivity index (χ1n) is 5.38. The van der Waals surface area contributed by atoms with E-state index in [4.69, 9.17) is 5.73 Å². The van der Waals surface area contributed by atoms with E-state index >= 15 is 0 Å². The van der Waals surface area contributed by atoms with Crippen LogP contribution >= 0.6 is 11.8 Å². The molecular weight excluding hydrogens is 220 g/mol. The summed E-state index contributed by atoms with van der Waals surface area (Å²) in [5.74, 6) is 0.514. The van der Waals surface area contributed by atoms with Crippen LogP contribution in [-0.4, -0.2) is 16.9 Å². The lowest BCUT2D eigenvalue weighted by molar-refractivity contribution is -0.113. The minimum Gasteiger partial charge on any atom is -0.399 e. The highest BCUT2D eigenvalue weighted by molar-refractivity contribution is 8.00. The molecule has 88 valence electrons. The standard InChI is InChI=1S/C12H18N2OS/c1-3-9(2)16-8-12(15)14-11-6-4-5-10(13)7-11/h4-7,9H,3,8,13H2,1-2H3,(H,14,15). The van der Waals surface area contributed by atoms with Gasteiger partial charge in [-0.2, -0.15) is 0 Å². The molecule has 0 aromatic heterocycles. The van der Waals surface area contributed by atoms with Gasteiger partial charge in [-0.3, -0.25) is 4.79 Å². The van der Waals surface area contributed by atoms with Crippen LogP contribution in [-0.2, 0) is 4.79 Å². The van der Waals surface area contributed by atoms with Gasteiger partial charge in [0.15, 0.2) is 0 Å². The van der Waals surface area contributed by atoms with Gasteiger partial charge in [0, 0.05) is 16.6 Å². The van der Waals surface area contributed by atoms with Gasteiger partial charge < -0.3 is 11.1 Å². The number of rotatable bonds is 5. The molecule has 16 heavy (non-hydrogen) atoms. The SMILES string of the molecule is CCC(C)SCC(=O)Nc1cccc(N)c1. The minimum absolute atomic E-state index is 0.0240. The number of carbonyl (C=O) groups excluding carboxylic acids is 1. The van der Waals surface area contributed by atoms with Crippen LogP contribution in [0.1, 0.15) is 20.3 Å². The van der Waals surface area contributed by atoms with Crippen LogP contribution in [0, 0.1) is 0 Å². The Labute approximate surface area is 101 Å². The molecule has 0 fully saturated rings. The van der Waals surface area contributed by atoms with Crippen LogP contribution in [0.2, 0.25) is 0 Å². The number of nitrogen functional groups attached to an aromatic ring is 1. The molecule has 0 aliphatic heterocycles. The van der Waals surface area contributed by atoms with Crippen molar-refractivity contribution in [2.24, 2.45) is 0 Å². The van der Waals surface area contributed by atoms with Crippen LogP contribution in [0.3, 0.4) is 0 Å². The largest absolute Gasteiger partial charge is 0.399 e. The second-order valence-electron chi connectivity index (χ2n) is 3.70. The molecule has 0 bridgehead atoms. The molecule has 1 amide bonds. The van der Waals surface area contributed by atoms with Crippen molar-refractivity contribution >= 4 is 29.0 Å². The van der Waals surface area contributed by atoms with Gasteiger partial charge in [0.2, 0.25) is 5.91 Å². The Morgan fingerprint density at radius 2 is 2.31 bits per heavy atom. The van der Waals surface area contributed by atoms with Crippen molar-refractivity contribution in [3.8, 4) is 0 Å². The van der Waals surface area contributed by atoms with Crippen molar-refractivity contribution in [3.05, 3.63) is 24.3 Å². The quantitative estimate of drug-likeness (QED) is 0.775. The second-order valence-corrected chi connectivity index (χ2v) is 5.13. The summed E-state index contributed by atoms with van der Waals surface area (Å²) in [5, 5.41) is 3.34. The van der Waals surface area contributed by atoms with Gasteiger partial charge in [0.05, 0.1) is 5.75 Å². The summed E-state index contributed by atoms with van der Waals surface area (Å²) in [7, 11) is 0. The first-order chi connectivity index (χ1) is 7.61. The predicted molar refractivity (Wildman–Crippen MR) is 71.7 cm³/mol. The molecule has 0 saturated heterocycles. The molecule has 0 saturated carbocycles. The van der Waals surface area contributed by atoms with Crippen LogP contribution in [0.15, 0.2) is 24.3 Å². The molecule has 1 aromatic rings. The number of amides is 1. The maximum atomic E-state index is 11.6. The van der Waals surface area contributed by atoms with Gasteiger partial charge in [-0.1, -0.05) is 19.9 Å². The number of thioether (sulfide) groups is 1. The summed E-state index contributed by atoms with van der Waals surface area (Å²) in [6, 6.07) is 7.21. The lowest BCUT2D eigenvalue weighted by Gasteiger charge is -2.09. The number of hydrogen-bond acceptors (Lipinski definition) is 3. The van der Waals surface area contributed by atoms with Gasteiger partial charge in [0.25, 0.3) is 0 Å². The lowest BCUT2D eigenvalue weighted by Crippen LogP contribution is -2.15. The molecule has 1 aromatic carbocycles. The number of nitrogens with one attached hydrogen (secondary N) is 1. The fraction of sp³-hybridized carbons (Fsp3) is 0.417. The number of hydrogen-bond donors (Lipinski definition) is 2. The molecule has 3 N–H and O–H groups in total. The lowest BCUT2D eigenvalue weighted by atomic mass is 10.3. The zero-order valence-corrected chi connectivity index (χ0v) is 10.5. The molecule has 0 aliphatic rings. The van der Waals surface area contributed by atoms with Crippen LogP contribution in [0.25, 0.3) is 0 Å². The van der Waals surface area contributed by atoms with E-state index < -0.39 is 0 Å². The summed E-state index contributed by atoms with van der Waals surface area (Å²) in [6.07, 6.45) is 1.08. The van der Waals surface area contributed by atoms with Crippen molar-refractivity contribution in [2.75, 3.05) is 16.8 Å². The molecule has 0 aliphatic carbocycles. The Morgan fingerprint density at radius 1 is 1.56 bits per heavy atom. The first kappa shape index (κ1) is 12.9. The maximum Gasteiger partial charge on any atom is 0.234 e. The van der Waals surface area contributed by atoms with E-state index in [9.17, 15) is 4.79 Å². The number of nitrogens with two attached hydrogens (primary N) is 1. The topological polar surface area (TPSA) is 55.1 Å². The number of benzene rings is 1. The van der Waals surface area contributed by atoms with Gasteiger partial charge in [0.1, 0.15) is 0 Å². The van der Waals surface area contributed by atoms with Crippen molar-refractivity contribution in [1.82, 2.24) is 0 Å². The summed E-state index contributed by atoms with van der Waals surface area (Å²) in [6.45, 7) is 4.24. The van der Waals surface area contributed by atoms with Gasteiger partial charge >= 0.3 is 0 Å². The molecule has 1 unspecified atom stereocenters. The Morgan fingerprint density at radius 3 is 2.94 bits per heavy atom. The fourth-order valence-corrected chi connectivity index (χ4v) is 1.89. The van der Waals surface area contributed by atoms with Crippen molar-refractivity contribution in [3.63, 3.8) is 0 Å². The van der Waals surface area contributed by atoms with E-state index in [1.54, 1.807) is 23.9 Å². The third-order valence-corrected chi connectivity index (χ3v) is 3.58. The minimum atomic E-state index is 0.0240. The molecular formula is C12H18N2OS. The monoisotopic (exact) mass is 238 g/mol. The molecule has 0 radical (unpaired) electrons. The van der Waals surface area contributed by atoms with Crippen molar-refractivity contribution < 1.29 is 4.79 Å². The van der Waals surface area contributed by atoms with E-state index in [1.807, 2.05) is 12.1 Å². The van der Waals surface area contributed by atoms with Gasteiger partial charge in [-0.25, -0.2) is 0 Å². The highest BCUT2D eigenvalue weighted by Gasteiger charge is 2.05. The zero-order chi connectivity index (χ0) is 12.0. The third kappa shape index (κ3) is 4.57. The average Bonchev–Trinajstić information content (AvgIpc) is 2.26. The Kier molecular flexibility index (Phi) is 5.19. The van der Waals surface area contributed by atoms with E-state index in [1.165, 1.54) is 0 Å². The van der Waals surface area contributed by atoms with Crippen LogP contribution in [0.4, 0.5) is 11.4 Å². The summed E-state index contributed by atoms with van der Waals surface area (Å²) >= 11 is 1.66. The van der Waals surface area contributed by atoms with Crippen molar-refractivity contribution in [2.45, 2.75) is 25.5 Å². The van der Waals surface area contributed by atoms with Crippen molar-refractivity contribution in [1.29, 1.82) is 0 Å². The Hall–Kier alpha value is -1.16. The third-order valence-electron chi connectivity index (χ3n) is 2.24. The normalized spacial score (nSPS) is 12.1. The van der Waals surface area contributed by atoms with Gasteiger partial charge in [-0.05, 0) is 24.6 Å². The van der Waals surface area contributed by atoms with Crippen LogP contribution < -0.4 is 11.1 Å². The smallest absolute Gasteiger partial charge is 0.234 e. The molecule has 0 heterocycles. The summed E-state index contributed by atoms with van der Waals surface area (Å²) < 4.78 is 0. The zero-order valence-electron chi connectivity index (χ0n) is 9.69. The second kappa shape index (κ2) is 6.43. The molecule has 0 spiro atoms. The number of anilines is 2.